The Morgan fingerprint density at radius 3 is 2.56 bits per heavy atom. The lowest BCUT2D eigenvalue weighted by Gasteiger charge is -2.06. The Balaban J connectivity index is 2.03. The van der Waals surface area contributed by atoms with Crippen LogP contribution in [-0.2, 0) is 6.54 Å². The second kappa shape index (κ2) is 5.04. The Hall–Kier alpha value is -2.20. The molecule has 2 aromatic rings. The highest BCUT2D eigenvalue weighted by molar-refractivity contribution is 5.49. The topological polar surface area (TPSA) is 12.0 Å². The van der Waals surface area contributed by atoms with Crippen molar-refractivity contribution < 1.29 is 0 Å². The smallest absolute Gasteiger partial charge is 0.0400 e. The third-order valence-electron chi connectivity index (χ3n) is 2.35. The fourth-order valence-electron chi connectivity index (χ4n) is 1.51. The molecule has 0 aliphatic heterocycles. The lowest BCUT2D eigenvalue weighted by Crippen LogP contribution is -1.98. The molecule has 2 aromatic carbocycles. The molecule has 0 heterocycles. The van der Waals surface area contributed by atoms with Gasteiger partial charge in [-0.25, -0.2) is 0 Å². The number of hydrogen-bond acceptors (Lipinski definition) is 1. The van der Waals surface area contributed by atoms with Gasteiger partial charge in [-0.2, -0.15) is 0 Å². The number of hydrogen-bond donors (Lipinski definition) is 1. The largest absolute Gasteiger partial charge is 0.381 e. The number of anilines is 1. The van der Waals surface area contributed by atoms with Gasteiger partial charge in [0.05, 0.1) is 0 Å². The maximum atomic E-state index is 7.06. The van der Waals surface area contributed by atoms with Gasteiger partial charge in [-0.1, -0.05) is 42.3 Å². The lowest BCUT2D eigenvalue weighted by atomic mass is 10.2. The maximum absolute atomic E-state index is 7.06. The fourth-order valence-corrected chi connectivity index (χ4v) is 1.51. The average molecular weight is 206 g/mol. The molecule has 0 saturated heterocycles. The van der Waals surface area contributed by atoms with Gasteiger partial charge in [0.15, 0.2) is 0 Å². The van der Waals surface area contributed by atoms with E-state index in [-0.39, 0.29) is 0 Å². The molecule has 1 heteroatoms. The summed E-state index contributed by atoms with van der Waals surface area (Å²) >= 11 is 0. The Kier molecular flexibility index (Phi) is 3.25. The predicted molar refractivity (Wildman–Crippen MR) is 66.4 cm³/mol. The van der Waals surface area contributed by atoms with Gasteiger partial charge in [0.25, 0.3) is 0 Å². The first-order chi connectivity index (χ1) is 7.88. The van der Waals surface area contributed by atoms with Gasteiger partial charge in [0.2, 0.25) is 0 Å². The van der Waals surface area contributed by atoms with Gasteiger partial charge in [-0.3, -0.25) is 0 Å². The van der Waals surface area contributed by atoms with E-state index in [2.05, 4.69) is 23.4 Å². The molecule has 0 unspecified atom stereocenters. The van der Waals surface area contributed by atoms with E-state index >= 15 is 0 Å². The number of benzene rings is 2. The van der Waals surface area contributed by atoms with Crippen LogP contribution in [0.5, 0.6) is 0 Å². The Morgan fingerprint density at radius 1 is 1.00 bits per heavy atom. The molecule has 0 aliphatic carbocycles. The SMILES string of the molecule is [C]#Cc1cccc(NCc2ccccc2)c1. The summed E-state index contributed by atoms with van der Waals surface area (Å²) in [6.07, 6.45) is 7.06. The van der Waals surface area contributed by atoms with Crippen LogP contribution >= 0.6 is 0 Å². The van der Waals surface area contributed by atoms with E-state index in [1.165, 1.54) is 5.56 Å². The van der Waals surface area contributed by atoms with Crippen molar-refractivity contribution in [3.63, 3.8) is 0 Å². The number of rotatable bonds is 3. The highest BCUT2D eigenvalue weighted by atomic mass is 14.9. The van der Waals surface area contributed by atoms with Crippen LogP contribution in [0.2, 0.25) is 0 Å². The summed E-state index contributed by atoms with van der Waals surface area (Å²) in [5, 5.41) is 3.31. The molecular weight excluding hydrogens is 194 g/mol. The Bertz CT molecular complexity index is 494. The van der Waals surface area contributed by atoms with Crippen molar-refractivity contribution in [1.29, 1.82) is 0 Å². The molecule has 0 aliphatic rings. The summed E-state index contributed by atoms with van der Waals surface area (Å²) in [6.45, 7) is 0.794. The first-order valence-corrected chi connectivity index (χ1v) is 5.19. The Labute approximate surface area is 96.1 Å². The summed E-state index contributed by atoms with van der Waals surface area (Å²) in [6, 6.07) is 17.9. The summed E-state index contributed by atoms with van der Waals surface area (Å²) in [4.78, 5) is 0. The molecule has 0 saturated carbocycles. The van der Waals surface area contributed by atoms with Crippen LogP contribution in [0.1, 0.15) is 11.1 Å². The van der Waals surface area contributed by atoms with Crippen LogP contribution in [0.3, 0.4) is 0 Å². The second-order valence-electron chi connectivity index (χ2n) is 3.54. The molecule has 2 rings (SSSR count). The maximum Gasteiger partial charge on any atom is 0.0400 e. The van der Waals surface area contributed by atoms with E-state index in [4.69, 9.17) is 6.42 Å². The van der Waals surface area contributed by atoms with E-state index in [1.807, 2.05) is 42.5 Å². The molecule has 0 aromatic heterocycles. The molecule has 77 valence electrons. The number of nitrogens with one attached hydrogen (secondary N) is 1. The highest BCUT2D eigenvalue weighted by Gasteiger charge is 1.94. The summed E-state index contributed by atoms with van der Waals surface area (Å²) < 4.78 is 0. The van der Waals surface area contributed by atoms with Crippen LogP contribution in [0, 0.1) is 12.3 Å². The normalized spacial score (nSPS) is 9.44. The minimum atomic E-state index is 0.790. The van der Waals surface area contributed by atoms with Crippen molar-refractivity contribution in [1.82, 2.24) is 0 Å². The molecule has 0 bridgehead atoms. The van der Waals surface area contributed by atoms with Crippen LogP contribution in [-0.4, -0.2) is 0 Å². The molecule has 0 atom stereocenters. The predicted octanol–water partition coefficient (Wildman–Crippen LogP) is 3.24. The van der Waals surface area contributed by atoms with E-state index in [0.29, 0.717) is 0 Å². The standard InChI is InChI=1S/C15H12N/c1-2-13-9-6-10-15(11-13)16-12-14-7-4-3-5-8-14/h3-11,16H,12H2. The van der Waals surface area contributed by atoms with Gasteiger partial charge >= 0.3 is 0 Å². The third kappa shape index (κ3) is 2.65. The zero-order chi connectivity index (χ0) is 11.2. The van der Waals surface area contributed by atoms with Crippen molar-refractivity contribution in [2.75, 3.05) is 5.32 Å². The van der Waals surface area contributed by atoms with E-state index in [1.54, 1.807) is 0 Å². The Morgan fingerprint density at radius 2 is 1.81 bits per heavy atom. The zero-order valence-electron chi connectivity index (χ0n) is 8.90. The van der Waals surface area contributed by atoms with E-state index in [0.717, 1.165) is 17.8 Å². The van der Waals surface area contributed by atoms with Crippen LogP contribution in [0.25, 0.3) is 0 Å². The zero-order valence-corrected chi connectivity index (χ0v) is 8.90. The van der Waals surface area contributed by atoms with Gasteiger partial charge in [0, 0.05) is 17.8 Å². The average Bonchev–Trinajstić information content (AvgIpc) is 2.38. The molecule has 0 amide bonds. The quantitative estimate of drug-likeness (QED) is 0.760. The summed E-state index contributed by atoms with van der Waals surface area (Å²) in [5.74, 6) is 2.38. The van der Waals surface area contributed by atoms with Crippen molar-refractivity contribution in [2.24, 2.45) is 0 Å². The van der Waals surface area contributed by atoms with Gasteiger partial charge < -0.3 is 5.32 Å². The van der Waals surface area contributed by atoms with E-state index < -0.39 is 0 Å². The van der Waals surface area contributed by atoms with Crippen molar-refractivity contribution in [2.45, 2.75) is 6.54 Å². The van der Waals surface area contributed by atoms with Crippen LogP contribution in [0.15, 0.2) is 54.6 Å². The second-order valence-corrected chi connectivity index (χ2v) is 3.54. The summed E-state index contributed by atoms with van der Waals surface area (Å²) in [7, 11) is 0. The fraction of sp³-hybridized carbons (Fsp3) is 0.0667. The summed E-state index contributed by atoms with van der Waals surface area (Å²) in [5.41, 5.74) is 3.05. The third-order valence-corrected chi connectivity index (χ3v) is 2.35. The van der Waals surface area contributed by atoms with E-state index in [9.17, 15) is 0 Å². The lowest BCUT2D eigenvalue weighted by molar-refractivity contribution is 1.15. The van der Waals surface area contributed by atoms with Gasteiger partial charge in [-0.05, 0) is 30.2 Å². The molecular formula is C15H12N. The molecule has 0 fully saturated rings. The minimum Gasteiger partial charge on any atom is -0.381 e. The minimum absolute atomic E-state index is 0.790. The van der Waals surface area contributed by atoms with Crippen molar-refractivity contribution in [3.05, 3.63) is 72.1 Å². The molecule has 1 N–H and O–H groups in total. The van der Waals surface area contributed by atoms with Crippen LogP contribution in [0.4, 0.5) is 5.69 Å². The molecule has 0 spiro atoms. The van der Waals surface area contributed by atoms with Gasteiger partial charge in [-0.15, -0.1) is 0 Å². The van der Waals surface area contributed by atoms with Crippen molar-refractivity contribution in [3.8, 4) is 5.92 Å². The molecule has 16 heavy (non-hydrogen) atoms. The molecule has 1 radical (unpaired) electrons. The van der Waals surface area contributed by atoms with Gasteiger partial charge in [0.1, 0.15) is 0 Å². The molecule has 1 nitrogen and oxygen atoms in total. The van der Waals surface area contributed by atoms with Crippen LogP contribution < -0.4 is 5.32 Å². The first kappa shape index (κ1) is 10.3. The monoisotopic (exact) mass is 206 g/mol. The van der Waals surface area contributed by atoms with Crippen molar-refractivity contribution >= 4 is 5.69 Å². The first-order valence-electron chi connectivity index (χ1n) is 5.19. The highest BCUT2D eigenvalue weighted by Crippen LogP contribution is 2.11.